The van der Waals surface area contributed by atoms with Crippen LogP contribution in [0.1, 0.15) is 11.3 Å². The van der Waals surface area contributed by atoms with E-state index in [1.165, 1.54) is 11.8 Å². The van der Waals surface area contributed by atoms with Crippen LogP contribution in [0, 0.1) is 13.8 Å². The highest BCUT2D eigenvalue weighted by Gasteiger charge is 2.11. The van der Waals surface area contributed by atoms with Gasteiger partial charge in [-0.15, -0.1) is 0 Å². The van der Waals surface area contributed by atoms with Gasteiger partial charge in [-0.05, 0) is 47.1 Å². The Labute approximate surface area is 106 Å². The standard InChI is InChI=1S/C10H10BrN3OS/c1-5-4-15-10(14-5)16-9-8(11)6(2)7(12)3-13-9/h3-4H,12H2,1-2H3. The second-order valence-corrected chi connectivity index (χ2v) is 5.05. The molecule has 0 bridgehead atoms. The Kier molecular flexibility index (Phi) is 3.20. The number of oxazole rings is 1. The van der Waals surface area contributed by atoms with Crippen LogP contribution in [0.5, 0.6) is 0 Å². The van der Waals surface area contributed by atoms with E-state index in [-0.39, 0.29) is 0 Å². The van der Waals surface area contributed by atoms with Crippen molar-refractivity contribution in [3.8, 4) is 0 Å². The Balaban J connectivity index is 2.32. The molecule has 2 aromatic rings. The van der Waals surface area contributed by atoms with Crippen molar-refractivity contribution in [2.45, 2.75) is 24.1 Å². The maximum Gasteiger partial charge on any atom is 0.262 e. The summed E-state index contributed by atoms with van der Waals surface area (Å²) >= 11 is 4.83. The Morgan fingerprint density at radius 2 is 2.19 bits per heavy atom. The van der Waals surface area contributed by atoms with Crippen molar-refractivity contribution in [3.63, 3.8) is 0 Å². The first kappa shape index (κ1) is 11.5. The quantitative estimate of drug-likeness (QED) is 0.922. The molecule has 2 heterocycles. The molecule has 0 aliphatic heterocycles. The number of halogens is 1. The minimum Gasteiger partial charge on any atom is -0.439 e. The first-order valence-corrected chi connectivity index (χ1v) is 6.19. The van der Waals surface area contributed by atoms with Crippen molar-refractivity contribution in [1.29, 1.82) is 0 Å². The highest BCUT2D eigenvalue weighted by atomic mass is 79.9. The molecule has 4 nitrogen and oxygen atoms in total. The fourth-order valence-electron chi connectivity index (χ4n) is 1.10. The Morgan fingerprint density at radius 3 is 2.81 bits per heavy atom. The van der Waals surface area contributed by atoms with Crippen molar-refractivity contribution in [2.75, 3.05) is 5.73 Å². The maximum atomic E-state index is 5.75. The van der Waals surface area contributed by atoms with Crippen LogP contribution >= 0.6 is 27.7 Å². The van der Waals surface area contributed by atoms with Crippen LogP contribution in [0.15, 0.2) is 31.6 Å². The molecule has 0 saturated carbocycles. The number of nitrogen functional groups attached to an aromatic ring is 1. The average molecular weight is 300 g/mol. The second kappa shape index (κ2) is 4.47. The summed E-state index contributed by atoms with van der Waals surface area (Å²) in [7, 11) is 0. The SMILES string of the molecule is Cc1coc(Sc2ncc(N)c(C)c2Br)n1. The number of hydrogen-bond donors (Lipinski definition) is 1. The van der Waals surface area contributed by atoms with Gasteiger partial charge in [0.05, 0.1) is 22.1 Å². The van der Waals surface area contributed by atoms with Crippen molar-refractivity contribution in [2.24, 2.45) is 0 Å². The molecule has 0 fully saturated rings. The molecule has 0 aliphatic carbocycles. The number of hydrogen-bond acceptors (Lipinski definition) is 5. The van der Waals surface area contributed by atoms with Crippen molar-refractivity contribution < 1.29 is 4.42 Å². The highest BCUT2D eigenvalue weighted by molar-refractivity contribution is 9.10. The molecule has 2 N–H and O–H groups in total. The van der Waals surface area contributed by atoms with Crippen molar-refractivity contribution in [1.82, 2.24) is 9.97 Å². The molecule has 84 valence electrons. The molecule has 0 atom stereocenters. The van der Waals surface area contributed by atoms with E-state index in [4.69, 9.17) is 10.2 Å². The van der Waals surface area contributed by atoms with Crippen LogP contribution in [-0.4, -0.2) is 9.97 Å². The lowest BCUT2D eigenvalue weighted by Gasteiger charge is -2.05. The summed E-state index contributed by atoms with van der Waals surface area (Å²) in [4.78, 5) is 8.44. The van der Waals surface area contributed by atoms with Gasteiger partial charge >= 0.3 is 0 Å². The normalized spacial score (nSPS) is 10.7. The van der Waals surface area contributed by atoms with Gasteiger partial charge in [0, 0.05) is 0 Å². The molecule has 16 heavy (non-hydrogen) atoms. The van der Waals surface area contributed by atoms with Gasteiger partial charge in [-0.3, -0.25) is 0 Å². The summed E-state index contributed by atoms with van der Waals surface area (Å²) in [5, 5.41) is 1.38. The summed E-state index contributed by atoms with van der Waals surface area (Å²) in [5.74, 6) is 0. The van der Waals surface area contributed by atoms with E-state index < -0.39 is 0 Å². The van der Waals surface area contributed by atoms with Gasteiger partial charge in [-0.25, -0.2) is 9.97 Å². The highest BCUT2D eigenvalue weighted by Crippen LogP contribution is 2.34. The Hall–Kier alpha value is -1.01. The summed E-state index contributed by atoms with van der Waals surface area (Å²) in [6, 6.07) is 0. The van der Waals surface area contributed by atoms with E-state index in [2.05, 4.69) is 25.9 Å². The first-order chi connectivity index (χ1) is 7.58. The molecule has 0 amide bonds. The summed E-state index contributed by atoms with van der Waals surface area (Å²) in [6.07, 6.45) is 3.25. The van der Waals surface area contributed by atoms with Crippen LogP contribution < -0.4 is 5.73 Å². The predicted molar refractivity (Wildman–Crippen MR) is 66.4 cm³/mol. The fourth-order valence-corrected chi connectivity index (χ4v) is 2.48. The van der Waals surface area contributed by atoms with Crippen LogP contribution in [0.25, 0.3) is 0 Å². The van der Waals surface area contributed by atoms with Crippen molar-refractivity contribution >= 4 is 33.4 Å². The fraction of sp³-hybridized carbons (Fsp3) is 0.200. The molecule has 0 aliphatic rings. The molecule has 0 unspecified atom stereocenters. The molecule has 0 saturated heterocycles. The van der Waals surface area contributed by atoms with E-state index in [9.17, 15) is 0 Å². The number of nitrogens with two attached hydrogens (primary N) is 1. The molecular weight excluding hydrogens is 290 g/mol. The topological polar surface area (TPSA) is 64.9 Å². The summed E-state index contributed by atoms with van der Waals surface area (Å²) in [5.41, 5.74) is 8.24. The van der Waals surface area contributed by atoms with Crippen LogP contribution in [0.4, 0.5) is 5.69 Å². The number of anilines is 1. The molecule has 2 rings (SSSR count). The lowest BCUT2D eigenvalue weighted by Crippen LogP contribution is -1.94. The molecule has 6 heteroatoms. The van der Waals surface area contributed by atoms with E-state index in [0.717, 1.165) is 20.8 Å². The molecular formula is C10H10BrN3OS. The van der Waals surface area contributed by atoms with E-state index in [1.807, 2.05) is 13.8 Å². The van der Waals surface area contributed by atoms with Crippen molar-refractivity contribution in [3.05, 3.63) is 28.2 Å². The van der Waals surface area contributed by atoms with E-state index >= 15 is 0 Å². The number of aromatic nitrogens is 2. The predicted octanol–water partition coefficient (Wildman–Crippen LogP) is 3.18. The summed E-state index contributed by atoms with van der Waals surface area (Å²) in [6.45, 7) is 3.82. The van der Waals surface area contributed by atoms with Crippen LogP contribution in [0.2, 0.25) is 0 Å². The Bertz CT molecular complexity index is 527. The van der Waals surface area contributed by atoms with Gasteiger partial charge in [0.15, 0.2) is 0 Å². The van der Waals surface area contributed by atoms with Gasteiger partial charge in [0.25, 0.3) is 5.22 Å². The lowest BCUT2D eigenvalue weighted by molar-refractivity contribution is 0.453. The van der Waals surface area contributed by atoms with Gasteiger partial charge in [-0.2, -0.15) is 0 Å². The zero-order valence-electron chi connectivity index (χ0n) is 8.82. The van der Waals surface area contributed by atoms with E-state index in [0.29, 0.717) is 10.9 Å². The summed E-state index contributed by atoms with van der Waals surface area (Å²) < 4.78 is 6.14. The third kappa shape index (κ3) is 2.22. The molecule has 2 aromatic heterocycles. The Morgan fingerprint density at radius 1 is 1.44 bits per heavy atom. The molecule has 0 radical (unpaired) electrons. The largest absolute Gasteiger partial charge is 0.439 e. The van der Waals surface area contributed by atoms with Gasteiger partial charge in [-0.1, -0.05) is 0 Å². The number of pyridine rings is 1. The zero-order valence-corrected chi connectivity index (χ0v) is 11.2. The van der Waals surface area contributed by atoms with Gasteiger partial charge < -0.3 is 10.2 Å². The average Bonchev–Trinajstić information content (AvgIpc) is 2.65. The van der Waals surface area contributed by atoms with Gasteiger partial charge in [0.1, 0.15) is 11.3 Å². The maximum absolute atomic E-state index is 5.75. The third-order valence-electron chi connectivity index (χ3n) is 2.05. The monoisotopic (exact) mass is 299 g/mol. The smallest absolute Gasteiger partial charge is 0.262 e. The van der Waals surface area contributed by atoms with Crippen LogP contribution in [0.3, 0.4) is 0 Å². The number of rotatable bonds is 2. The second-order valence-electron chi connectivity index (χ2n) is 3.31. The lowest BCUT2D eigenvalue weighted by atomic mass is 10.3. The minimum atomic E-state index is 0.579. The third-order valence-corrected chi connectivity index (χ3v) is 4.15. The van der Waals surface area contributed by atoms with Gasteiger partial charge in [0.2, 0.25) is 0 Å². The number of aryl methyl sites for hydroxylation is 1. The first-order valence-electron chi connectivity index (χ1n) is 4.58. The van der Waals surface area contributed by atoms with E-state index in [1.54, 1.807) is 12.5 Å². The van der Waals surface area contributed by atoms with Crippen LogP contribution in [-0.2, 0) is 0 Å². The zero-order chi connectivity index (χ0) is 11.7. The molecule has 0 spiro atoms. The minimum absolute atomic E-state index is 0.579. The molecule has 0 aromatic carbocycles. The number of nitrogens with zero attached hydrogens (tertiary/aromatic N) is 2.